The van der Waals surface area contributed by atoms with Gasteiger partial charge in [0.05, 0.1) is 11.6 Å². The Balaban J connectivity index is 1.99. The van der Waals surface area contributed by atoms with Gasteiger partial charge in [-0.2, -0.15) is 4.98 Å². The summed E-state index contributed by atoms with van der Waals surface area (Å²) >= 11 is 1.65. The van der Waals surface area contributed by atoms with E-state index in [-0.39, 0.29) is 0 Å². The molecule has 0 fully saturated rings. The van der Waals surface area contributed by atoms with Crippen molar-refractivity contribution in [3.05, 3.63) is 28.3 Å². The Bertz CT molecular complexity index is 453. The number of hydrogen-bond donors (Lipinski definition) is 2. The van der Waals surface area contributed by atoms with Crippen LogP contribution in [0.15, 0.2) is 18.5 Å². The molecule has 78 valence electrons. The quantitative estimate of drug-likeness (QED) is 0.820. The zero-order chi connectivity index (χ0) is 10.7. The van der Waals surface area contributed by atoms with E-state index in [0.29, 0.717) is 18.3 Å². The van der Waals surface area contributed by atoms with Crippen molar-refractivity contribution in [2.45, 2.75) is 13.5 Å². The van der Waals surface area contributed by atoms with E-state index < -0.39 is 0 Å². The topological polar surface area (TPSA) is 76.7 Å². The molecule has 0 spiro atoms. The van der Waals surface area contributed by atoms with Gasteiger partial charge in [0.1, 0.15) is 5.82 Å². The lowest BCUT2D eigenvalue weighted by atomic mass is 10.5. The Morgan fingerprint density at radius 1 is 1.47 bits per heavy atom. The van der Waals surface area contributed by atoms with Crippen molar-refractivity contribution in [1.82, 2.24) is 15.0 Å². The smallest absolute Gasteiger partial charge is 0.224 e. The second-order valence-electron chi connectivity index (χ2n) is 3.00. The summed E-state index contributed by atoms with van der Waals surface area (Å²) in [7, 11) is 0. The average molecular weight is 221 g/mol. The summed E-state index contributed by atoms with van der Waals surface area (Å²) in [5, 5.41) is 4.14. The number of anilines is 2. The van der Waals surface area contributed by atoms with Gasteiger partial charge in [-0.25, -0.2) is 9.97 Å². The molecule has 0 saturated carbocycles. The zero-order valence-electron chi connectivity index (χ0n) is 8.27. The number of rotatable bonds is 3. The van der Waals surface area contributed by atoms with Crippen LogP contribution in [0, 0.1) is 6.92 Å². The summed E-state index contributed by atoms with van der Waals surface area (Å²) < 4.78 is 0. The number of aryl methyl sites for hydroxylation is 1. The van der Waals surface area contributed by atoms with E-state index in [1.54, 1.807) is 23.6 Å². The fourth-order valence-electron chi connectivity index (χ4n) is 1.11. The number of aromatic nitrogens is 3. The lowest BCUT2D eigenvalue weighted by Gasteiger charge is -2.02. The van der Waals surface area contributed by atoms with E-state index in [1.165, 1.54) is 0 Å². The number of nitrogen functional groups attached to an aromatic ring is 1. The highest BCUT2D eigenvalue weighted by atomic mass is 32.1. The standard InChI is InChI=1S/C9H11N5S/c1-6-12-4-7(15-6)5-13-9-11-3-2-8(10)14-9/h2-4H,5H2,1H3,(H3,10,11,13,14). The van der Waals surface area contributed by atoms with Gasteiger partial charge < -0.3 is 11.1 Å². The van der Waals surface area contributed by atoms with Crippen LogP contribution >= 0.6 is 11.3 Å². The maximum atomic E-state index is 5.53. The molecule has 2 heterocycles. The van der Waals surface area contributed by atoms with Gasteiger partial charge in [0.2, 0.25) is 5.95 Å². The Hall–Kier alpha value is -1.69. The first kappa shape index (κ1) is 9.85. The first-order valence-electron chi connectivity index (χ1n) is 4.48. The lowest BCUT2D eigenvalue weighted by Crippen LogP contribution is -2.03. The van der Waals surface area contributed by atoms with Crippen LogP contribution in [0.3, 0.4) is 0 Å². The summed E-state index contributed by atoms with van der Waals surface area (Å²) in [5.41, 5.74) is 5.53. The monoisotopic (exact) mass is 221 g/mol. The Labute approximate surface area is 91.4 Å². The van der Waals surface area contributed by atoms with Crippen molar-refractivity contribution in [3.8, 4) is 0 Å². The van der Waals surface area contributed by atoms with Crippen molar-refractivity contribution in [1.29, 1.82) is 0 Å². The van der Waals surface area contributed by atoms with Crippen LogP contribution < -0.4 is 11.1 Å². The third-order valence-electron chi connectivity index (χ3n) is 1.77. The van der Waals surface area contributed by atoms with Crippen molar-refractivity contribution in [2.24, 2.45) is 0 Å². The number of thiazole rings is 1. The fraction of sp³-hybridized carbons (Fsp3) is 0.222. The SMILES string of the molecule is Cc1ncc(CNc2nccc(N)n2)s1. The second kappa shape index (κ2) is 4.22. The highest BCUT2D eigenvalue weighted by Crippen LogP contribution is 2.12. The summed E-state index contributed by atoms with van der Waals surface area (Å²) in [6, 6.07) is 1.65. The molecule has 0 bridgehead atoms. The van der Waals surface area contributed by atoms with Crippen LogP contribution in [0.2, 0.25) is 0 Å². The number of nitrogens with zero attached hydrogens (tertiary/aromatic N) is 3. The molecule has 0 amide bonds. The Morgan fingerprint density at radius 3 is 3.00 bits per heavy atom. The molecule has 0 aliphatic carbocycles. The molecule has 0 aliphatic rings. The van der Waals surface area contributed by atoms with Gasteiger partial charge in [0.15, 0.2) is 0 Å². The van der Waals surface area contributed by atoms with E-state index in [0.717, 1.165) is 9.88 Å². The summed E-state index contributed by atoms with van der Waals surface area (Å²) in [6.07, 6.45) is 3.47. The molecule has 0 aliphatic heterocycles. The summed E-state index contributed by atoms with van der Waals surface area (Å²) in [5.74, 6) is 1.01. The number of nitrogens with one attached hydrogen (secondary N) is 1. The minimum atomic E-state index is 0.466. The summed E-state index contributed by atoms with van der Waals surface area (Å²) in [4.78, 5) is 13.4. The van der Waals surface area contributed by atoms with Crippen LogP contribution in [0.4, 0.5) is 11.8 Å². The van der Waals surface area contributed by atoms with Crippen LogP contribution in [0.1, 0.15) is 9.88 Å². The maximum absolute atomic E-state index is 5.53. The number of nitrogens with two attached hydrogens (primary N) is 1. The third kappa shape index (κ3) is 2.63. The first-order chi connectivity index (χ1) is 7.24. The molecule has 2 aromatic rings. The van der Waals surface area contributed by atoms with E-state index >= 15 is 0 Å². The minimum Gasteiger partial charge on any atom is -0.384 e. The molecule has 0 atom stereocenters. The minimum absolute atomic E-state index is 0.466. The zero-order valence-corrected chi connectivity index (χ0v) is 9.08. The van der Waals surface area contributed by atoms with Crippen molar-refractivity contribution in [2.75, 3.05) is 11.1 Å². The number of hydrogen-bond acceptors (Lipinski definition) is 6. The molecule has 0 aromatic carbocycles. The molecular weight excluding hydrogens is 210 g/mol. The molecule has 0 radical (unpaired) electrons. The van der Waals surface area contributed by atoms with Crippen molar-refractivity contribution in [3.63, 3.8) is 0 Å². The van der Waals surface area contributed by atoms with Crippen LogP contribution in [-0.2, 0) is 6.54 Å². The van der Waals surface area contributed by atoms with Gasteiger partial charge in [0, 0.05) is 17.3 Å². The largest absolute Gasteiger partial charge is 0.384 e. The van der Waals surface area contributed by atoms with Crippen LogP contribution in [0.25, 0.3) is 0 Å². The van der Waals surface area contributed by atoms with E-state index in [2.05, 4.69) is 20.3 Å². The third-order valence-corrected chi connectivity index (χ3v) is 2.68. The van der Waals surface area contributed by atoms with Gasteiger partial charge in [-0.05, 0) is 13.0 Å². The van der Waals surface area contributed by atoms with E-state index in [1.807, 2.05) is 13.1 Å². The van der Waals surface area contributed by atoms with Crippen molar-refractivity contribution < 1.29 is 0 Å². The predicted octanol–water partition coefficient (Wildman–Crippen LogP) is 1.44. The van der Waals surface area contributed by atoms with E-state index in [4.69, 9.17) is 5.73 Å². The molecular formula is C9H11N5S. The molecule has 15 heavy (non-hydrogen) atoms. The first-order valence-corrected chi connectivity index (χ1v) is 5.29. The maximum Gasteiger partial charge on any atom is 0.224 e. The fourth-order valence-corrected chi connectivity index (χ4v) is 1.85. The van der Waals surface area contributed by atoms with Gasteiger partial charge in [0.25, 0.3) is 0 Å². The van der Waals surface area contributed by atoms with Crippen LogP contribution in [0.5, 0.6) is 0 Å². The normalized spacial score (nSPS) is 10.2. The lowest BCUT2D eigenvalue weighted by molar-refractivity contribution is 1.07. The molecule has 6 heteroatoms. The van der Waals surface area contributed by atoms with Crippen LogP contribution in [-0.4, -0.2) is 15.0 Å². The second-order valence-corrected chi connectivity index (χ2v) is 4.32. The average Bonchev–Trinajstić information content (AvgIpc) is 2.62. The molecule has 2 aromatic heterocycles. The molecule has 5 nitrogen and oxygen atoms in total. The van der Waals surface area contributed by atoms with Gasteiger partial charge >= 0.3 is 0 Å². The predicted molar refractivity (Wildman–Crippen MR) is 60.6 cm³/mol. The highest BCUT2D eigenvalue weighted by Gasteiger charge is 1.99. The highest BCUT2D eigenvalue weighted by molar-refractivity contribution is 7.11. The Morgan fingerprint density at radius 2 is 2.33 bits per heavy atom. The van der Waals surface area contributed by atoms with Gasteiger partial charge in [-0.1, -0.05) is 0 Å². The van der Waals surface area contributed by atoms with Gasteiger partial charge in [-0.15, -0.1) is 11.3 Å². The molecule has 0 saturated heterocycles. The molecule has 2 rings (SSSR count). The summed E-state index contributed by atoms with van der Waals surface area (Å²) in [6.45, 7) is 2.65. The van der Waals surface area contributed by atoms with Gasteiger partial charge in [-0.3, -0.25) is 0 Å². The molecule has 0 unspecified atom stereocenters. The van der Waals surface area contributed by atoms with E-state index in [9.17, 15) is 0 Å². The molecule has 3 N–H and O–H groups in total. The Kier molecular flexibility index (Phi) is 2.77. The van der Waals surface area contributed by atoms with Crippen molar-refractivity contribution >= 4 is 23.1 Å².